The Morgan fingerprint density at radius 3 is 2.81 bits per heavy atom. The molecule has 0 aromatic carbocycles. The van der Waals surface area contributed by atoms with Crippen LogP contribution < -0.4 is 10.9 Å². The number of amides is 1. The second kappa shape index (κ2) is 7.97. The zero-order valence-corrected chi connectivity index (χ0v) is 16.7. The molecule has 0 atom stereocenters. The van der Waals surface area contributed by atoms with Crippen LogP contribution in [-0.4, -0.2) is 33.0 Å². The monoisotopic (exact) mass is 406 g/mol. The van der Waals surface area contributed by atoms with Crippen molar-refractivity contribution in [3.05, 3.63) is 38.2 Å². The molecule has 27 heavy (non-hydrogen) atoms. The van der Waals surface area contributed by atoms with Gasteiger partial charge in [-0.25, -0.2) is 9.97 Å². The van der Waals surface area contributed by atoms with E-state index in [-0.39, 0.29) is 30.4 Å². The van der Waals surface area contributed by atoms with Gasteiger partial charge in [0.15, 0.2) is 5.13 Å². The first kappa shape index (κ1) is 19.2. The lowest BCUT2D eigenvalue weighted by Crippen LogP contribution is -2.29. The van der Waals surface area contributed by atoms with Gasteiger partial charge in [0.2, 0.25) is 5.91 Å². The predicted molar refractivity (Wildman–Crippen MR) is 104 cm³/mol. The smallest absolute Gasteiger partial charge is 0.311 e. The maximum atomic E-state index is 12.6. The summed E-state index contributed by atoms with van der Waals surface area (Å²) in [5, 5.41) is 5.22. The van der Waals surface area contributed by atoms with E-state index in [2.05, 4.69) is 15.3 Å². The minimum atomic E-state index is -0.384. The number of nitrogens with zero attached hydrogens (tertiary/aromatic N) is 3. The number of hydrogen-bond acceptors (Lipinski definition) is 8. The highest BCUT2D eigenvalue weighted by atomic mass is 32.1. The average Bonchev–Trinajstić information content (AvgIpc) is 3.17. The first-order valence-electron chi connectivity index (χ1n) is 8.24. The molecule has 3 heterocycles. The second-order valence-corrected chi connectivity index (χ2v) is 7.89. The number of ether oxygens (including phenoxy) is 1. The topological polar surface area (TPSA) is 103 Å². The molecule has 3 aromatic rings. The number of aromatic nitrogens is 3. The molecule has 0 aliphatic heterocycles. The molecule has 0 aliphatic carbocycles. The Morgan fingerprint density at radius 2 is 2.07 bits per heavy atom. The number of nitrogens with one attached hydrogen (secondary N) is 1. The summed E-state index contributed by atoms with van der Waals surface area (Å²) < 4.78 is 6.22. The SMILES string of the molecule is CCOC(=O)Cc1csc(NC(=O)Cn2c(C)nc3sc(C)cc3c2=O)n1. The van der Waals surface area contributed by atoms with Gasteiger partial charge in [-0.3, -0.25) is 19.0 Å². The Morgan fingerprint density at radius 1 is 1.30 bits per heavy atom. The Bertz CT molecular complexity index is 1070. The minimum absolute atomic E-state index is 0.0525. The lowest BCUT2D eigenvalue weighted by molar-refractivity contribution is -0.142. The van der Waals surface area contributed by atoms with Crippen LogP contribution in [0.4, 0.5) is 5.13 Å². The quantitative estimate of drug-likeness (QED) is 0.630. The normalized spacial score (nSPS) is 10.9. The number of carbonyl (C=O) groups excluding carboxylic acids is 2. The number of carbonyl (C=O) groups is 2. The van der Waals surface area contributed by atoms with Crippen LogP contribution >= 0.6 is 22.7 Å². The molecule has 0 saturated heterocycles. The lowest BCUT2D eigenvalue weighted by atomic mass is 10.3. The molecule has 0 bridgehead atoms. The standard InChI is InChI=1S/C17H18N4O4S2/c1-4-25-14(23)6-11-8-26-17(19-11)20-13(22)7-21-10(3)18-15-12(16(21)24)5-9(2)27-15/h5,8H,4,6-7H2,1-3H3,(H,19,20,22). The zero-order valence-electron chi connectivity index (χ0n) is 15.1. The summed E-state index contributed by atoms with van der Waals surface area (Å²) in [6.45, 7) is 5.49. The van der Waals surface area contributed by atoms with E-state index in [4.69, 9.17) is 4.74 Å². The van der Waals surface area contributed by atoms with Crippen LogP contribution in [0.15, 0.2) is 16.2 Å². The largest absolute Gasteiger partial charge is 0.466 e. The van der Waals surface area contributed by atoms with E-state index in [0.717, 1.165) is 4.88 Å². The number of fused-ring (bicyclic) bond motifs is 1. The van der Waals surface area contributed by atoms with Crippen LogP contribution in [-0.2, 0) is 27.3 Å². The summed E-state index contributed by atoms with van der Waals surface area (Å²) in [6, 6.07) is 1.78. The first-order valence-corrected chi connectivity index (χ1v) is 9.94. The molecular weight excluding hydrogens is 388 g/mol. The summed E-state index contributed by atoms with van der Waals surface area (Å²) in [5.41, 5.74) is 0.290. The first-order chi connectivity index (χ1) is 12.9. The number of aryl methyl sites for hydroxylation is 2. The average molecular weight is 406 g/mol. The molecular formula is C17H18N4O4S2. The lowest BCUT2D eigenvalue weighted by Gasteiger charge is -2.08. The van der Waals surface area contributed by atoms with Gasteiger partial charge in [0, 0.05) is 10.3 Å². The molecule has 0 fully saturated rings. The number of thiophene rings is 1. The molecule has 142 valence electrons. The third-order valence-electron chi connectivity index (χ3n) is 3.70. The van der Waals surface area contributed by atoms with Crippen molar-refractivity contribution in [2.45, 2.75) is 33.7 Å². The molecule has 0 spiro atoms. The molecule has 0 aliphatic rings. The number of anilines is 1. The van der Waals surface area contributed by atoms with E-state index in [1.807, 2.05) is 6.92 Å². The van der Waals surface area contributed by atoms with Gasteiger partial charge in [0.05, 0.1) is 24.1 Å². The van der Waals surface area contributed by atoms with Crippen LogP contribution in [0.1, 0.15) is 23.3 Å². The maximum Gasteiger partial charge on any atom is 0.311 e. The Kier molecular flexibility index (Phi) is 5.66. The van der Waals surface area contributed by atoms with Crippen molar-refractivity contribution in [1.82, 2.24) is 14.5 Å². The van der Waals surface area contributed by atoms with Crippen molar-refractivity contribution >= 4 is 49.9 Å². The molecule has 0 radical (unpaired) electrons. The van der Waals surface area contributed by atoms with Gasteiger partial charge >= 0.3 is 5.97 Å². The molecule has 3 rings (SSSR count). The van der Waals surface area contributed by atoms with Gasteiger partial charge in [0.1, 0.15) is 17.2 Å². The highest BCUT2D eigenvalue weighted by Gasteiger charge is 2.15. The molecule has 0 saturated carbocycles. The summed E-state index contributed by atoms with van der Waals surface area (Å²) in [5.74, 6) is -0.273. The van der Waals surface area contributed by atoms with E-state index in [1.165, 1.54) is 27.2 Å². The fourth-order valence-corrected chi connectivity index (χ4v) is 4.17. The van der Waals surface area contributed by atoms with Crippen LogP contribution in [0.2, 0.25) is 0 Å². The van der Waals surface area contributed by atoms with Crippen molar-refractivity contribution in [3.63, 3.8) is 0 Å². The van der Waals surface area contributed by atoms with Crippen molar-refractivity contribution in [2.75, 3.05) is 11.9 Å². The Labute approximate surface area is 162 Å². The van der Waals surface area contributed by atoms with Gasteiger partial charge < -0.3 is 10.1 Å². The van der Waals surface area contributed by atoms with Gasteiger partial charge in [-0.15, -0.1) is 22.7 Å². The summed E-state index contributed by atoms with van der Waals surface area (Å²) in [6.07, 6.45) is 0.0525. The molecule has 10 heteroatoms. The molecule has 3 aromatic heterocycles. The van der Waals surface area contributed by atoms with Crippen LogP contribution in [0.3, 0.4) is 0 Å². The van der Waals surface area contributed by atoms with E-state index in [1.54, 1.807) is 25.3 Å². The second-order valence-electron chi connectivity index (χ2n) is 5.80. The summed E-state index contributed by atoms with van der Waals surface area (Å²) in [4.78, 5) is 46.7. The fraction of sp³-hybridized carbons (Fsp3) is 0.353. The van der Waals surface area contributed by atoms with Crippen molar-refractivity contribution < 1.29 is 14.3 Å². The molecule has 1 amide bonds. The van der Waals surface area contributed by atoms with E-state index in [0.29, 0.717) is 33.5 Å². The van der Waals surface area contributed by atoms with Crippen molar-refractivity contribution in [3.8, 4) is 0 Å². The van der Waals surface area contributed by atoms with Gasteiger partial charge in [-0.1, -0.05) is 0 Å². The van der Waals surface area contributed by atoms with Crippen LogP contribution in [0.25, 0.3) is 10.2 Å². The van der Waals surface area contributed by atoms with Gasteiger partial charge in [-0.05, 0) is 26.8 Å². The minimum Gasteiger partial charge on any atom is -0.466 e. The number of esters is 1. The van der Waals surface area contributed by atoms with Crippen LogP contribution in [0.5, 0.6) is 0 Å². The number of hydrogen-bond donors (Lipinski definition) is 1. The van der Waals surface area contributed by atoms with Gasteiger partial charge in [-0.2, -0.15) is 0 Å². The zero-order chi connectivity index (χ0) is 19.6. The van der Waals surface area contributed by atoms with E-state index in [9.17, 15) is 14.4 Å². The summed E-state index contributed by atoms with van der Waals surface area (Å²) >= 11 is 2.66. The highest BCUT2D eigenvalue weighted by molar-refractivity contribution is 7.18. The molecule has 1 N–H and O–H groups in total. The highest BCUT2D eigenvalue weighted by Crippen LogP contribution is 2.20. The Balaban J connectivity index is 1.71. The van der Waals surface area contributed by atoms with Crippen LogP contribution in [0, 0.1) is 13.8 Å². The number of rotatable bonds is 6. The van der Waals surface area contributed by atoms with Crippen molar-refractivity contribution in [2.24, 2.45) is 0 Å². The predicted octanol–water partition coefficient (Wildman–Crippen LogP) is 2.28. The third kappa shape index (κ3) is 4.40. The van der Waals surface area contributed by atoms with E-state index < -0.39 is 0 Å². The van der Waals surface area contributed by atoms with Gasteiger partial charge in [0.25, 0.3) is 5.56 Å². The number of thiazole rings is 1. The van der Waals surface area contributed by atoms with E-state index >= 15 is 0 Å². The maximum absolute atomic E-state index is 12.6. The molecule has 8 nitrogen and oxygen atoms in total. The van der Waals surface area contributed by atoms with Crippen molar-refractivity contribution in [1.29, 1.82) is 0 Å². The summed E-state index contributed by atoms with van der Waals surface area (Å²) in [7, 11) is 0. The third-order valence-corrected chi connectivity index (χ3v) is 5.45. The fourth-order valence-electron chi connectivity index (χ4n) is 2.53. The Hall–Kier alpha value is -2.59. The molecule has 0 unspecified atom stereocenters.